The van der Waals surface area contributed by atoms with E-state index < -0.39 is 0 Å². The predicted octanol–water partition coefficient (Wildman–Crippen LogP) is 11.7. The number of hydrogen-bond acceptors (Lipinski definition) is 2. The zero-order valence-corrected chi connectivity index (χ0v) is 25.8. The van der Waals surface area contributed by atoms with E-state index in [1.807, 2.05) is 0 Å². The van der Waals surface area contributed by atoms with Gasteiger partial charge in [-0.2, -0.15) is 5.26 Å². The van der Waals surface area contributed by atoms with Gasteiger partial charge < -0.3 is 4.74 Å². The Morgan fingerprint density at radius 1 is 0.675 bits per heavy atom. The number of unbranched alkanes of at least 4 members (excludes halogenated alkanes) is 11. The number of ether oxygens (including phenoxy) is 1. The van der Waals surface area contributed by atoms with E-state index in [4.69, 9.17) is 4.74 Å². The summed E-state index contributed by atoms with van der Waals surface area (Å²) in [6.07, 6.45) is 24.9. The third-order valence-corrected chi connectivity index (χ3v) is 9.21. The molecule has 0 amide bonds. The van der Waals surface area contributed by atoms with E-state index in [9.17, 15) is 5.26 Å². The summed E-state index contributed by atoms with van der Waals surface area (Å²) in [4.78, 5) is 0. The maximum absolute atomic E-state index is 9.97. The van der Waals surface area contributed by atoms with Crippen molar-refractivity contribution in [3.05, 3.63) is 54.1 Å². The van der Waals surface area contributed by atoms with Crippen LogP contribution >= 0.6 is 0 Å². The van der Waals surface area contributed by atoms with Crippen molar-refractivity contribution in [2.75, 3.05) is 6.61 Å². The molecule has 1 saturated carbocycles. The first-order valence-corrected chi connectivity index (χ1v) is 16.9. The second-order valence-corrected chi connectivity index (χ2v) is 12.5. The highest BCUT2D eigenvalue weighted by molar-refractivity contribution is 5.64. The molecule has 1 unspecified atom stereocenters. The summed E-state index contributed by atoms with van der Waals surface area (Å²) in [5, 5.41) is 9.97. The van der Waals surface area contributed by atoms with Crippen molar-refractivity contribution in [1.29, 1.82) is 5.26 Å². The van der Waals surface area contributed by atoms with Crippen LogP contribution in [0, 0.1) is 29.1 Å². The van der Waals surface area contributed by atoms with Gasteiger partial charge in [0.25, 0.3) is 0 Å². The van der Waals surface area contributed by atoms with Crippen molar-refractivity contribution in [2.24, 2.45) is 17.8 Å². The number of nitrogens with zero attached hydrogens (tertiary/aromatic N) is 1. The SMILES string of the molecule is CCCCCCCCCCOc1ccc(-c2ccc(CC(C#N)[C@H]3CC[C@H](CCCCCCC)CC3)cc2)cc1. The number of hydrogen-bond donors (Lipinski definition) is 0. The number of nitriles is 1. The maximum atomic E-state index is 9.97. The molecule has 2 aromatic carbocycles. The molecular weight excluding hydrogens is 486 g/mol. The average Bonchev–Trinajstić information content (AvgIpc) is 3.00. The first kappa shape index (κ1) is 32.2. The molecule has 3 rings (SSSR count). The molecule has 0 spiro atoms. The van der Waals surface area contributed by atoms with Crippen molar-refractivity contribution in [2.45, 2.75) is 136 Å². The Balaban J connectivity index is 1.36. The van der Waals surface area contributed by atoms with Crippen LogP contribution in [0.3, 0.4) is 0 Å². The van der Waals surface area contributed by atoms with Gasteiger partial charge in [-0.1, -0.05) is 147 Å². The Morgan fingerprint density at radius 2 is 1.20 bits per heavy atom. The van der Waals surface area contributed by atoms with Crippen LogP contribution in [0.1, 0.15) is 135 Å². The van der Waals surface area contributed by atoms with Crippen LogP contribution in [-0.2, 0) is 6.42 Å². The predicted molar refractivity (Wildman–Crippen MR) is 172 cm³/mol. The summed E-state index contributed by atoms with van der Waals surface area (Å²) in [7, 11) is 0. The van der Waals surface area contributed by atoms with Gasteiger partial charge in [0.15, 0.2) is 0 Å². The van der Waals surface area contributed by atoms with Crippen LogP contribution in [0.5, 0.6) is 5.75 Å². The molecule has 1 atom stereocenters. The molecule has 1 aliphatic carbocycles. The fourth-order valence-corrected chi connectivity index (χ4v) is 6.49. The van der Waals surface area contributed by atoms with E-state index >= 15 is 0 Å². The molecule has 2 heteroatoms. The zero-order valence-electron chi connectivity index (χ0n) is 25.8. The molecule has 0 saturated heterocycles. The minimum absolute atomic E-state index is 0.147. The van der Waals surface area contributed by atoms with E-state index in [1.54, 1.807) is 0 Å². The highest BCUT2D eigenvalue weighted by Crippen LogP contribution is 2.37. The number of rotatable bonds is 20. The van der Waals surface area contributed by atoms with E-state index in [1.165, 1.54) is 126 Å². The molecule has 0 aromatic heterocycles. The van der Waals surface area contributed by atoms with Gasteiger partial charge >= 0.3 is 0 Å². The normalized spacial score (nSPS) is 17.8. The van der Waals surface area contributed by atoms with Crippen LogP contribution in [-0.4, -0.2) is 6.61 Å². The lowest BCUT2D eigenvalue weighted by atomic mass is 9.73. The maximum Gasteiger partial charge on any atom is 0.119 e. The monoisotopic (exact) mass is 543 g/mol. The smallest absolute Gasteiger partial charge is 0.119 e. The molecule has 0 radical (unpaired) electrons. The molecule has 0 bridgehead atoms. The fourth-order valence-electron chi connectivity index (χ4n) is 6.49. The van der Waals surface area contributed by atoms with Crippen LogP contribution in [0.15, 0.2) is 48.5 Å². The molecule has 2 nitrogen and oxygen atoms in total. The van der Waals surface area contributed by atoms with Gasteiger partial charge in [0.2, 0.25) is 0 Å². The van der Waals surface area contributed by atoms with Crippen molar-refractivity contribution >= 4 is 0 Å². The lowest BCUT2D eigenvalue weighted by Crippen LogP contribution is -2.22. The average molecular weight is 544 g/mol. The van der Waals surface area contributed by atoms with E-state index in [2.05, 4.69) is 68.4 Å². The molecule has 0 heterocycles. The van der Waals surface area contributed by atoms with Gasteiger partial charge in [0.1, 0.15) is 5.75 Å². The molecule has 0 aliphatic heterocycles. The molecule has 1 fully saturated rings. The Morgan fingerprint density at radius 3 is 1.77 bits per heavy atom. The molecule has 2 aromatic rings. The second-order valence-electron chi connectivity index (χ2n) is 12.5. The summed E-state index contributed by atoms with van der Waals surface area (Å²) in [6.45, 7) is 5.37. The van der Waals surface area contributed by atoms with E-state index in [0.29, 0.717) is 5.92 Å². The molecule has 0 N–H and O–H groups in total. The van der Waals surface area contributed by atoms with Crippen LogP contribution in [0.4, 0.5) is 0 Å². The van der Waals surface area contributed by atoms with Gasteiger partial charge in [0.05, 0.1) is 18.6 Å². The summed E-state index contributed by atoms with van der Waals surface area (Å²) < 4.78 is 5.98. The van der Waals surface area contributed by atoms with Crippen molar-refractivity contribution in [3.63, 3.8) is 0 Å². The topological polar surface area (TPSA) is 33.0 Å². The van der Waals surface area contributed by atoms with E-state index in [0.717, 1.165) is 31.1 Å². The third-order valence-electron chi connectivity index (χ3n) is 9.21. The van der Waals surface area contributed by atoms with Gasteiger partial charge in [-0.25, -0.2) is 0 Å². The summed E-state index contributed by atoms with van der Waals surface area (Å²) >= 11 is 0. The third kappa shape index (κ3) is 12.1. The van der Waals surface area contributed by atoms with Crippen molar-refractivity contribution in [3.8, 4) is 22.9 Å². The highest BCUT2D eigenvalue weighted by atomic mass is 16.5. The Kier molecular flexibility index (Phi) is 15.9. The zero-order chi connectivity index (χ0) is 28.3. The number of benzene rings is 2. The van der Waals surface area contributed by atoms with Crippen molar-refractivity contribution < 1.29 is 4.74 Å². The first-order valence-electron chi connectivity index (χ1n) is 16.9. The second kappa shape index (κ2) is 19.7. The largest absolute Gasteiger partial charge is 0.494 e. The Hall–Kier alpha value is -2.27. The summed E-state index contributed by atoms with van der Waals surface area (Å²) in [5.41, 5.74) is 3.74. The lowest BCUT2D eigenvalue weighted by molar-refractivity contribution is 0.220. The first-order chi connectivity index (χ1) is 19.7. The standard InChI is InChI=1S/C38H57NO/c1-3-5-7-9-10-11-13-15-29-40-38-27-25-35(26-28-38)34-23-19-33(20-24-34)30-37(31-39)36-21-17-32(18-22-36)16-14-12-8-6-4-2/h19-20,23-28,32,36-37H,3-18,21-22,29-30H2,1-2H3/t32-,36-,37?. The summed E-state index contributed by atoms with van der Waals surface area (Å²) in [6, 6.07) is 20.1. The Bertz CT molecular complexity index is 933. The quantitative estimate of drug-likeness (QED) is 0.156. The van der Waals surface area contributed by atoms with Gasteiger partial charge in [0, 0.05) is 0 Å². The Labute approximate surface area is 246 Å². The van der Waals surface area contributed by atoms with Gasteiger partial charge in [-0.05, 0) is 66.3 Å². The van der Waals surface area contributed by atoms with E-state index in [-0.39, 0.29) is 5.92 Å². The summed E-state index contributed by atoms with van der Waals surface area (Å²) in [5.74, 6) is 2.58. The van der Waals surface area contributed by atoms with Crippen LogP contribution < -0.4 is 4.74 Å². The van der Waals surface area contributed by atoms with Crippen molar-refractivity contribution in [1.82, 2.24) is 0 Å². The molecule has 1 aliphatic rings. The van der Waals surface area contributed by atoms with Gasteiger partial charge in [-0.3, -0.25) is 0 Å². The minimum atomic E-state index is 0.147. The lowest BCUT2D eigenvalue weighted by Gasteiger charge is -2.31. The van der Waals surface area contributed by atoms with Crippen LogP contribution in [0.2, 0.25) is 0 Å². The van der Waals surface area contributed by atoms with Crippen LogP contribution in [0.25, 0.3) is 11.1 Å². The fraction of sp³-hybridized carbons (Fsp3) is 0.658. The minimum Gasteiger partial charge on any atom is -0.494 e. The van der Waals surface area contributed by atoms with Gasteiger partial charge in [-0.15, -0.1) is 0 Å². The molecule has 220 valence electrons. The molecular formula is C38H57NO. The highest BCUT2D eigenvalue weighted by Gasteiger charge is 2.27. The molecule has 40 heavy (non-hydrogen) atoms.